The largest absolute Gasteiger partial charge is 0.481 e. The minimum atomic E-state index is -3.78. The predicted molar refractivity (Wildman–Crippen MR) is 88.8 cm³/mol. The van der Waals surface area contributed by atoms with E-state index in [-0.39, 0.29) is 15.8 Å². The molecule has 0 fully saturated rings. The predicted octanol–water partition coefficient (Wildman–Crippen LogP) is 3.10. The first-order chi connectivity index (χ1) is 9.78. The van der Waals surface area contributed by atoms with Gasteiger partial charge >= 0.3 is 5.97 Å². The summed E-state index contributed by atoms with van der Waals surface area (Å²) in [5.41, 5.74) is 0. The van der Waals surface area contributed by atoms with Crippen molar-refractivity contribution in [2.75, 3.05) is 10.5 Å². The van der Waals surface area contributed by atoms with Gasteiger partial charge in [-0.25, -0.2) is 8.42 Å². The van der Waals surface area contributed by atoms with Crippen molar-refractivity contribution < 1.29 is 18.3 Å². The zero-order valence-corrected chi connectivity index (χ0v) is 16.2. The second kappa shape index (κ2) is 6.91. The molecule has 114 valence electrons. The molecule has 0 saturated heterocycles. The minimum Gasteiger partial charge on any atom is -0.481 e. The molecule has 0 aliphatic carbocycles. The van der Waals surface area contributed by atoms with Gasteiger partial charge in [0.05, 0.1) is 13.3 Å². The van der Waals surface area contributed by atoms with E-state index in [4.69, 9.17) is 5.11 Å². The summed E-state index contributed by atoms with van der Waals surface area (Å²) in [6.45, 7) is 0. The Morgan fingerprint density at radius 2 is 2.10 bits per heavy atom. The first-order valence-corrected chi connectivity index (χ1v) is 10.6. The zero-order valence-electron chi connectivity index (χ0n) is 9.74. The number of nitrogens with one attached hydrogen (secondary N) is 1. The summed E-state index contributed by atoms with van der Waals surface area (Å²) in [5.74, 6) is -1.14. The van der Waals surface area contributed by atoms with E-state index >= 15 is 0 Å². The van der Waals surface area contributed by atoms with Crippen molar-refractivity contribution in [1.29, 1.82) is 0 Å². The number of thiophene rings is 1. The molecule has 2 N–H and O–H groups in total. The van der Waals surface area contributed by atoms with Gasteiger partial charge in [-0.05, 0) is 37.9 Å². The molecule has 0 unspecified atom stereocenters. The molecule has 2 aromatic heterocycles. The first kappa shape index (κ1) is 17.1. The van der Waals surface area contributed by atoms with Crippen LogP contribution in [0.25, 0.3) is 0 Å². The molecule has 0 aromatic carbocycles. The van der Waals surface area contributed by atoms with Crippen molar-refractivity contribution in [3.8, 4) is 0 Å². The van der Waals surface area contributed by atoms with E-state index in [0.717, 1.165) is 23.1 Å². The number of rotatable bonds is 6. The Morgan fingerprint density at radius 1 is 1.38 bits per heavy atom. The highest BCUT2D eigenvalue weighted by molar-refractivity contribution is 9.12. The van der Waals surface area contributed by atoms with Crippen LogP contribution in [0, 0.1) is 0 Å². The van der Waals surface area contributed by atoms with E-state index in [0.29, 0.717) is 11.9 Å². The highest BCUT2D eigenvalue weighted by Gasteiger charge is 2.22. The number of nitrogens with zero attached hydrogens (tertiary/aromatic N) is 2. The lowest BCUT2D eigenvalue weighted by atomic mass is 10.7. The highest BCUT2D eigenvalue weighted by atomic mass is 79.9. The average Bonchev–Trinajstić information content (AvgIpc) is 2.93. The van der Waals surface area contributed by atoms with Crippen LogP contribution in [0.5, 0.6) is 0 Å². The lowest BCUT2D eigenvalue weighted by Crippen LogP contribution is -2.12. The lowest BCUT2D eigenvalue weighted by molar-refractivity contribution is -0.133. The molecule has 0 aliphatic heterocycles. The number of thioether (sulfide) groups is 1. The van der Waals surface area contributed by atoms with E-state index < -0.39 is 16.0 Å². The standard InChI is InChI=1S/C8H5Br2N3O4S4/c9-4-1-3(6(10)19-4)21(16,17)13-7-11-12-8(20-7)18-2-5(14)15/h1H,2H2,(H,11,13)(H,14,15). The molecule has 0 radical (unpaired) electrons. The third-order valence-electron chi connectivity index (χ3n) is 1.86. The van der Waals surface area contributed by atoms with Gasteiger partial charge in [0.1, 0.15) is 4.90 Å². The number of hydrogen-bond acceptors (Lipinski definition) is 8. The Balaban J connectivity index is 2.14. The van der Waals surface area contributed by atoms with Crippen LogP contribution >= 0.6 is 66.3 Å². The van der Waals surface area contributed by atoms with Crippen LogP contribution in [0.1, 0.15) is 0 Å². The molecule has 2 rings (SSSR count). The summed E-state index contributed by atoms with van der Waals surface area (Å²) in [6, 6.07) is 1.47. The second-order valence-corrected chi connectivity index (χ2v) is 10.9. The maximum atomic E-state index is 12.2. The molecule has 0 amide bonds. The summed E-state index contributed by atoms with van der Waals surface area (Å²) in [5, 5.41) is 16.0. The number of carbonyl (C=O) groups is 1. The van der Waals surface area contributed by atoms with Crippen LogP contribution in [0.15, 0.2) is 22.9 Å². The minimum absolute atomic E-state index is 0.0807. The molecule has 0 saturated carbocycles. The molecule has 2 heterocycles. The molecule has 0 bridgehead atoms. The Hall–Kier alpha value is -0.210. The smallest absolute Gasteiger partial charge is 0.313 e. The summed E-state index contributed by atoms with van der Waals surface area (Å²) < 4.78 is 28.2. The van der Waals surface area contributed by atoms with Gasteiger partial charge in [-0.2, -0.15) is 0 Å². The topological polar surface area (TPSA) is 109 Å². The van der Waals surface area contributed by atoms with E-state index in [2.05, 4.69) is 46.8 Å². The van der Waals surface area contributed by atoms with Crippen molar-refractivity contribution >= 4 is 87.4 Å². The zero-order chi connectivity index (χ0) is 15.6. The SMILES string of the molecule is O=C(O)CSc1nnc(NS(=O)(=O)c2cc(Br)sc2Br)s1. The third-order valence-corrected chi connectivity index (χ3v) is 8.04. The fourth-order valence-electron chi connectivity index (χ4n) is 1.11. The fraction of sp³-hybridized carbons (Fsp3) is 0.125. The summed E-state index contributed by atoms with van der Waals surface area (Å²) in [6.07, 6.45) is 0. The quantitative estimate of drug-likeness (QED) is 0.593. The summed E-state index contributed by atoms with van der Waals surface area (Å²) in [7, 11) is -3.78. The van der Waals surface area contributed by atoms with Crippen molar-refractivity contribution in [3.63, 3.8) is 0 Å². The number of sulfonamides is 1. The summed E-state index contributed by atoms with van der Waals surface area (Å²) in [4.78, 5) is 10.5. The van der Waals surface area contributed by atoms with Crippen LogP contribution < -0.4 is 4.72 Å². The molecule has 7 nitrogen and oxygen atoms in total. The van der Waals surface area contributed by atoms with Crippen molar-refractivity contribution in [2.45, 2.75) is 9.24 Å². The van der Waals surface area contributed by atoms with E-state index in [1.165, 1.54) is 17.4 Å². The van der Waals surface area contributed by atoms with Gasteiger partial charge in [-0.1, -0.05) is 23.1 Å². The van der Waals surface area contributed by atoms with Gasteiger partial charge in [-0.3, -0.25) is 9.52 Å². The highest BCUT2D eigenvalue weighted by Crippen LogP contribution is 2.36. The van der Waals surface area contributed by atoms with E-state index in [1.807, 2.05) is 0 Å². The van der Waals surface area contributed by atoms with Gasteiger partial charge in [0.2, 0.25) is 5.13 Å². The number of aromatic nitrogens is 2. The van der Waals surface area contributed by atoms with Gasteiger partial charge in [0, 0.05) is 0 Å². The molecule has 2 aromatic rings. The number of halogens is 2. The lowest BCUT2D eigenvalue weighted by Gasteiger charge is -2.02. The number of carboxylic acids is 1. The van der Waals surface area contributed by atoms with Crippen LogP contribution in [-0.4, -0.2) is 35.4 Å². The van der Waals surface area contributed by atoms with Crippen molar-refractivity contribution in [2.24, 2.45) is 0 Å². The monoisotopic (exact) mass is 493 g/mol. The van der Waals surface area contributed by atoms with Crippen LogP contribution in [-0.2, 0) is 14.8 Å². The molecule has 0 atom stereocenters. The van der Waals surface area contributed by atoms with Gasteiger partial charge < -0.3 is 5.11 Å². The third kappa shape index (κ3) is 4.63. The molecular weight excluding hydrogens is 490 g/mol. The molecule has 0 spiro atoms. The fourth-order valence-corrected chi connectivity index (χ4v) is 7.63. The molecule has 0 aliphatic rings. The first-order valence-electron chi connectivity index (χ1n) is 4.93. The van der Waals surface area contributed by atoms with Gasteiger partial charge in [-0.15, -0.1) is 21.5 Å². The Kier molecular flexibility index (Phi) is 5.65. The van der Waals surface area contributed by atoms with Crippen LogP contribution in [0.4, 0.5) is 5.13 Å². The normalized spacial score (nSPS) is 11.5. The van der Waals surface area contributed by atoms with Crippen molar-refractivity contribution in [1.82, 2.24) is 10.2 Å². The maximum absolute atomic E-state index is 12.2. The number of aliphatic carboxylic acids is 1. The molecular formula is C8H5Br2N3O4S4. The number of carboxylic acid groups (broad SMARTS) is 1. The molecule has 21 heavy (non-hydrogen) atoms. The van der Waals surface area contributed by atoms with E-state index in [9.17, 15) is 13.2 Å². The average molecular weight is 495 g/mol. The van der Waals surface area contributed by atoms with Crippen LogP contribution in [0.2, 0.25) is 0 Å². The van der Waals surface area contributed by atoms with Crippen LogP contribution in [0.3, 0.4) is 0 Å². The Morgan fingerprint density at radius 3 is 2.67 bits per heavy atom. The van der Waals surface area contributed by atoms with E-state index in [1.54, 1.807) is 0 Å². The number of anilines is 1. The Labute approximate surface area is 148 Å². The second-order valence-electron chi connectivity index (χ2n) is 3.35. The maximum Gasteiger partial charge on any atom is 0.313 e. The van der Waals surface area contributed by atoms with Gasteiger partial charge in [0.25, 0.3) is 10.0 Å². The number of hydrogen-bond donors (Lipinski definition) is 2. The summed E-state index contributed by atoms with van der Waals surface area (Å²) >= 11 is 9.57. The molecule has 13 heteroatoms. The Bertz CT molecular complexity index is 772. The van der Waals surface area contributed by atoms with Crippen molar-refractivity contribution in [3.05, 3.63) is 13.6 Å². The van der Waals surface area contributed by atoms with Gasteiger partial charge in [0.15, 0.2) is 4.34 Å².